The molecule has 1 aliphatic rings. The molecule has 18 heavy (non-hydrogen) atoms. The van der Waals surface area contributed by atoms with Gasteiger partial charge in [-0.3, -0.25) is 9.59 Å². The molecule has 0 heterocycles. The number of rotatable bonds is 3. The third kappa shape index (κ3) is 3.34. The van der Waals surface area contributed by atoms with Gasteiger partial charge in [0.2, 0.25) is 0 Å². The second-order valence-electron chi connectivity index (χ2n) is 5.47. The van der Waals surface area contributed by atoms with Gasteiger partial charge in [0, 0.05) is 25.2 Å². The maximum absolute atomic E-state index is 11.1. The lowest BCUT2D eigenvalue weighted by Crippen LogP contribution is -2.45. The highest BCUT2D eigenvalue weighted by atomic mass is 16.5. The number of esters is 2. The average molecular weight is 254 g/mol. The summed E-state index contributed by atoms with van der Waals surface area (Å²) in [7, 11) is 0. The van der Waals surface area contributed by atoms with Crippen molar-refractivity contribution in [2.75, 3.05) is 6.61 Å². The second kappa shape index (κ2) is 5.55. The van der Waals surface area contributed by atoms with Crippen molar-refractivity contribution in [3.8, 4) is 0 Å². The first-order valence-corrected chi connectivity index (χ1v) is 6.23. The standard InChI is InChI=1S/C14H22O4/c1-9-6-7-13(18-11(3)16)14(4,5)12(9)8-17-10(2)15/h12-13H,1,6-8H2,2-5H3/t12-,13+/m0/s1. The Balaban J connectivity index is 2.81. The van der Waals surface area contributed by atoms with E-state index in [2.05, 4.69) is 6.58 Å². The number of hydrogen-bond acceptors (Lipinski definition) is 4. The molecule has 0 aromatic carbocycles. The summed E-state index contributed by atoms with van der Waals surface area (Å²) >= 11 is 0. The minimum absolute atomic E-state index is 0.0273. The van der Waals surface area contributed by atoms with Crippen molar-refractivity contribution >= 4 is 11.9 Å². The summed E-state index contributed by atoms with van der Waals surface area (Å²) in [6, 6.07) is 0. The van der Waals surface area contributed by atoms with E-state index in [0.717, 1.165) is 18.4 Å². The van der Waals surface area contributed by atoms with Crippen molar-refractivity contribution < 1.29 is 19.1 Å². The highest BCUT2D eigenvalue weighted by molar-refractivity contribution is 5.66. The predicted octanol–water partition coefficient (Wildman–Crippen LogP) is 2.47. The van der Waals surface area contributed by atoms with Crippen molar-refractivity contribution in [3.05, 3.63) is 12.2 Å². The highest BCUT2D eigenvalue weighted by Gasteiger charge is 2.44. The van der Waals surface area contributed by atoms with Gasteiger partial charge in [0.1, 0.15) is 6.10 Å². The van der Waals surface area contributed by atoms with Gasteiger partial charge in [0.25, 0.3) is 0 Å². The van der Waals surface area contributed by atoms with E-state index in [1.165, 1.54) is 13.8 Å². The van der Waals surface area contributed by atoms with E-state index in [-0.39, 0.29) is 29.4 Å². The van der Waals surface area contributed by atoms with Gasteiger partial charge in [-0.1, -0.05) is 26.0 Å². The smallest absolute Gasteiger partial charge is 0.302 e. The molecule has 1 fully saturated rings. The quantitative estimate of drug-likeness (QED) is 0.573. The van der Waals surface area contributed by atoms with Gasteiger partial charge < -0.3 is 9.47 Å². The van der Waals surface area contributed by atoms with Gasteiger partial charge in [-0.05, 0) is 12.8 Å². The Morgan fingerprint density at radius 2 is 1.94 bits per heavy atom. The minimum Gasteiger partial charge on any atom is -0.465 e. The SMILES string of the molecule is C=C1CC[C@@H](OC(C)=O)C(C)(C)[C@H]1COC(C)=O. The van der Waals surface area contributed by atoms with E-state index in [0.29, 0.717) is 6.61 Å². The third-order valence-corrected chi connectivity index (χ3v) is 3.71. The Labute approximate surface area is 108 Å². The number of hydrogen-bond donors (Lipinski definition) is 0. The molecule has 0 aromatic rings. The van der Waals surface area contributed by atoms with Crippen molar-refractivity contribution in [3.63, 3.8) is 0 Å². The van der Waals surface area contributed by atoms with Crippen LogP contribution in [0, 0.1) is 11.3 Å². The molecule has 102 valence electrons. The van der Waals surface area contributed by atoms with Crippen LogP contribution in [0.15, 0.2) is 12.2 Å². The van der Waals surface area contributed by atoms with Crippen LogP contribution in [0.3, 0.4) is 0 Å². The monoisotopic (exact) mass is 254 g/mol. The predicted molar refractivity (Wildman–Crippen MR) is 67.8 cm³/mol. The summed E-state index contributed by atoms with van der Waals surface area (Å²) in [6.45, 7) is 11.2. The zero-order chi connectivity index (χ0) is 13.9. The molecule has 0 spiro atoms. The van der Waals surface area contributed by atoms with E-state index in [1.54, 1.807) is 0 Å². The lowest BCUT2D eigenvalue weighted by atomic mass is 9.65. The van der Waals surface area contributed by atoms with Crippen LogP contribution in [0.2, 0.25) is 0 Å². The molecule has 1 saturated carbocycles. The van der Waals surface area contributed by atoms with Gasteiger partial charge in [0.05, 0.1) is 6.61 Å². The van der Waals surface area contributed by atoms with Crippen LogP contribution < -0.4 is 0 Å². The maximum Gasteiger partial charge on any atom is 0.302 e. The van der Waals surface area contributed by atoms with Crippen molar-refractivity contribution in [2.45, 2.75) is 46.6 Å². The van der Waals surface area contributed by atoms with E-state index in [1.807, 2.05) is 13.8 Å². The van der Waals surface area contributed by atoms with Crippen molar-refractivity contribution in [1.29, 1.82) is 0 Å². The lowest BCUT2D eigenvalue weighted by molar-refractivity contribution is -0.160. The molecule has 2 atom stereocenters. The van der Waals surface area contributed by atoms with Crippen LogP contribution in [0.5, 0.6) is 0 Å². The van der Waals surface area contributed by atoms with E-state index >= 15 is 0 Å². The fourth-order valence-corrected chi connectivity index (χ4v) is 2.56. The van der Waals surface area contributed by atoms with Crippen LogP contribution in [-0.2, 0) is 19.1 Å². The molecule has 0 saturated heterocycles. The van der Waals surface area contributed by atoms with Crippen molar-refractivity contribution in [2.24, 2.45) is 11.3 Å². The average Bonchev–Trinajstić information content (AvgIpc) is 2.21. The van der Waals surface area contributed by atoms with Crippen LogP contribution in [-0.4, -0.2) is 24.6 Å². The van der Waals surface area contributed by atoms with Gasteiger partial charge in [-0.15, -0.1) is 0 Å². The lowest BCUT2D eigenvalue weighted by Gasteiger charge is -2.45. The Kier molecular flexibility index (Phi) is 4.54. The van der Waals surface area contributed by atoms with Crippen LogP contribution in [0.4, 0.5) is 0 Å². The van der Waals surface area contributed by atoms with Crippen LogP contribution in [0.1, 0.15) is 40.5 Å². The molecule has 0 unspecified atom stereocenters. The van der Waals surface area contributed by atoms with Gasteiger partial charge in [0.15, 0.2) is 0 Å². The molecule has 0 amide bonds. The van der Waals surface area contributed by atoms with Gasteiger partial charge >= 0.3 is 11.9 Å². The second-order valence-corrected chi connectivity index (χ2v) is 5.47. The summed E-state index contributed by atoms with van der Waals surface area (Å²) in [4.78, 5) is 22.1. The molecule has 0 bridgehead atoms. The zero-order valence-electron chi connectivity index (χ0n) is 11.6. The van der Waals surface area contributed by atoms with Crippen LogP contribution >= 0.6 is 0 Å². The van der Waals surface area contributed by atoms with Crippen LogP contribution in [0.25, 0.3) is 0 Å². The molecule has 4 nitrogen and oxygen atoms in total. The fourth-order valence-electron chi connectivity index (χ4n) is 2.56. The van der Waals surface area contributed by atoms with E-state index in [4.69, 9.17) is 9.47 Å². The molecule has 0 N–H and O–H groups in total. The molecule has 0 radical (unpaired) electrons. The van der Waals surface area contributed by atoms with Gasteiger partial charge in [-0.25, -0.2) is 0 Å². The maximum atomic E-state index is 11.1. The summed E-state index contributed by atoms with van der Waals surface area (Å²) in [6.07, 6.45) is 1.43. The molecular weight excluding hydrogens is 232 g/mol. The topological polar surface area (TPSA) is 52.6 Å². The summed E-state index contributed by atoms with van der Waals surface area (Å²) in [5, 5.41) is 0. The van der Waals surface area contributed by atoms with E-state index in [9.17, 15) is 9.59 Å². The summed E-state index contributed by atoms with van der Waals surface area (Å²) < 4.78 is 10.5. The Morgan fingerprint density at radius 1 is 1.33 bits per heavy atom. The first-order chi connectivity index (χ1) is 8.25. The van der Waals surface area contributed by atoms with Crippen molar-refractivity contribution in [1.82, 2.24) is 0 Å². The molecule has 0 aliphatic heterocycles. The largest absolute Gasteiger partial charge is 0.465 e. The first kappa shape index (κ1) is 14.7. The normalized spacial score (nSPS) is 26.6. The zero-order valence-corrected chi connectivity index (χ0v) is 11.6. The fraction of sp³-hybridized carbons (Fsp3) is 0.714. The highest BCUT2D eigenvalue weighted by Crippen LogP contribution is 2.44. The first-order valence-electron chi connectivity index (χ1n) is 6.23. The molecular formula is C14H22O4. The molecule has 0 aromatic heterocycles. The Bertz CT molecular complexity index is 357. The minimum atomic E-state index is -0.298. The molecule has 1 aliphatic carbocycles. The molecule has 4 heteroatoms. The summed E-state index contributed by atoms with van der Waals surface area (Å²) in [5.41, 5.74) is 0.792. The number of carbonyl (C=O) groups is 2. The number of carbonyl (C=O) groups excluding carboxylic acids is 2. The summed E-state index contributed by atoms with van der Waals surface area (Å²) in [5.74, 6) is -0.542. The van der Waals surface area contributed by atoms with Gasteiger partial charge in [-0.2, -0.15) is 0 Å². The molecule has 1 rings (SSSR count). The van der Waals surface area contributed by atoms with E-state index < -0.39 is 0 Å². The Morgan fingerprint density at radius 3 is 2.44 bits per heavy atom. The number of ether oxygens (including phenoxy) is 2. The Hall–Kier alpha value is -1.32. The third-order valence-electron chi connectivity index (χ3n) is 3.71.